The van der Waals surface area contributed by atoms with Crippen LogP contribution in [0.4, 0.5) is 17.1 Å². The van der Waals surface area contributed by atoms with Crippen molar-refractivity contribution in [2.45, 2.75) is 92.8 Å². The molecule has 0 aliphatic carbocycles. The molecule has 3 amide bonds. The number of Topliss-reactive ketones (excluding diaryl/α,β-unsaturated/α-hetero) is 1. The molecule has 1 N–H and O–H groups in total. The largest absolute Gasteiger partial charge is 0.481 e. The number of thiazole rings is 1. The van der Waals surface area contributed by atoms with Gasteiger partial charge in [0.15, 0.2) is 10.8 Å². The van der Waals surface area contributed by atoms with Crippen molar-refractivity contribution >= 4 is 69.2 Å². The van der Waals surface area contributed by atoms with Crippen LogP contribution >= 0.6 is 23.6 Å². The van der Waals surface area contributed by atoms with Gasteiger partial charge in [-0.1, -0.05) is 63.9 Å². The lowest BCUT2D eigenvalue weighted by molar-refractivity contribution is -0.146. The Bertz CT molecular complexity index is 2640. The third-order valence-corrected chi connectivity index (χ3v) is 13.2. The summed E-state index contributed by atoms with van der Waals surface area (Å²) in [5.41, 5.74) is 6.06. The number of aromatic nitrogens is 1. The SMILES string of the molecule is [C-]#[N+]c1ccc(N2C(=O)C(C)(C)N(c3ccc(OCC#CC#CCOCCC(=O)C[C@H](C(=O)N4C[C@H](C)C[C@H]4C(=O)NCc4ccc(-c5scnc5C)cc4)C(C)(C)C)cc3)C2=S)cc1C. The van der Waals surface area contributed by atoms with E-state index in [1.807, 2.05) is 102 Å². The van der Waals surface area contributed by atoms with E-state index in [0.717, 1.165) is 32.9 Å². The molecular weight excluding hydrogens is 869 g/mol. The molecule has 2 saturated heterocycles. The lowest BCUT2D eigenvalue weighted by Crippen LogP contribution is -2.50. The lowest BCUT2D eigenvalue weighted by atomic mass is 9.76. The van der Waals surface area contributed by atoms with E-state index in [0.29, 0.717) is 41.7 Å². The molecule has 6 rings (SSSR count). The van der Waals surface area contributed by atoms with Crippen LogP contribution in [0.15, 0.2) is 72.2 Å². The lowest BCUT2D eigenvalue weighted by Gasteiger charge is -2.35. The third-order valence-electron chi connectivity index (χ3n) is 11.9. The van der Waals surface area contributed by atoms with Crippen LogP contribution in [0.1, 0.15) is 77.6 Å². The minimum absolute atomic E-state index is 0.0543. The molecule has 0 saturated carbocycles. The molecule has 0 unspecified atom stereocenters. The maximum atomic E-state index is 14.1. The number of thiocarbonyl (C=S) groups is 1. The number of carbonyl (C=O) groups excluding carboxylic acids is 4. The second kappa shape index (κ2) is 21.3. The second-order valence-electron chi connectivity index (χ2n) is 18.3. The van der Waals surface area contributed by atoms with E-state index in [1.54, 1.807) is 46.6 Å². The van der Waals surface area contributed by atoms with Crippen LogP contribution < -0.4 is 19.9 Å². The van der Waals surface area contributed by atoms with Crippen molar-refractivity contribution in [3.05, 3.63) is 100 Å². The second-order valence-corrected chi connectivity index (χ2v) is 19.5. The molecular formula is C52H56N6O6S2. The number of carbonyl (C=O) groups is 4. The molecule has 2 aliphatic heterocycles. The van der Waals surface area contributed by atoms with E-state index < -0.39 is 22.9 Å². The highest BCUT2D eigenvalue weighted by molar-refractivity contribution is 7.81. The van der Waals surface area contributed by atoms with Crippen molar-refractivity contribution in [1.82, 2.24) is 15.2 Å². The zero-order valence-corrected chi connectivity index (χ0v) is 40.5. The number of rotatable bonds is 15. The molecule has 342 valence electrons. The fourth-order valence-electron chi connectivity index (χ4n) is 8.13. The third kappa shape index (κ3) is 11.5. The maximum absolute atomic E-state index is 14.1. The Morgan fingerprint density at radius 2 is 1.70 bits per heavy atom. The van der Waals surface area contributed by atoms with E-state index in [1.165, 1.54) is 4.90 Å². The molecule has 14 heteroatoms. The Kier molecular flexibility index (Phi) is 15.8. The van der Waals surface area contributed by atoms with Gasteiger partial charge in [-0.2, -0.15) is 0 Å². The van der Waals surface area contributed by atoms with Crippen LogP contribution in [0, 0.1) is 61.4 Å². The highest BCUT2D eigenvalue weighted by Crippen LogP contribution is 2.39. The van der Waals surface area contributed by atoms with Crippen LogP contribution in [-0.2, 0) is 30.5 Å². The molecule has 66 heavy (non-hydrogen) atoms. The molecule has 2 fully saturated rings. The van der Waals surface area contributed by atoms with Crippen LogP contribution in [-0.4, -0.2) is 76.4 Å². The summed E-state index contributed by atoms with van der Waals surface area (Å²) in [4.78, 5) is 68.4. The smallest absolute Gasteiger partial charge is 0.259 e. The highest BCUT2D eigenvalue weighted by atomic mass is 32.1. The highest BCUT2D eigenvalue weighted by Gasteiger charge is 2.50. The molecule has 3 heterocycles. The fraction of sp³-hybridized carbons (Fsp3) is 0.404. The van der Waals surface area contributed by atoms with Gasteiger partial charge in [-0.05, 0) is 129 Å². The fourth-order valence-corrected chi connectivity index (χ4v) is 9.47. The van der Waals surface area contributed by atoms with Crippen molar-refractivity contribution in [2.24, 2.45) is 17.3 Å². The summed E-state index contributed by atoms with van der Waals surface area (Å²) in [7, 11) is 0. The van der Waals surface area contributed by atoms with E-state index in [2.05, 4.69) is 38.8 Å². The number of ketones is 1. The van der Waals surface area contributed by atoms with Crippen LogP contribution in [0.5, 0.6) is 5.75 Å². The number of benzene rings is 3. The summed E-state index contributed by atoms with van der Waals surface area (Å²) >= 11 is 7.39. The minimum Gasteiger partial charge on any atom is -0.481 e. The number of amides is 3. The molecule has 0 radical (unpaired) electrons. The minimum atomic E-state index is -0.942. The van der Waals surface area contributed by atoms with Gasteiger partial charge in [0.2, 0.25) is 11.8 Å². The summed E-state index contributed by atoms with van der Waals surface area (Å²) < 4.78 is 11.4. The van der Waals surface area contributed by atoms with Crippen molar-refractivity contribution in [3.8, 4) is 39.9 Å². The van der Waals surface area contributed by atoms with Gasteiger partial charge < -0.3 is 24.6 Å². The van der Waals surface area contributed by atoms with Gasteiger partial charge in [0.05, 0.1) is 29.3 Å². The number of anilines is 2. The summed E-state index contributed by atoms with van der Waals surface area (Å²) in [5, 5.41) is 3.39. The zero-order valence-electron chi connectivity index (χ0n) is 38.8. The van der Waals surface area contributed by atoms with E-state index >= 15 is 0 Å². The number of ether oxygens (including phenoxy) is 2. The molecule has 0 bridgehead atoms. The molecule has 3 aromatic carbocycles. The molecule has 4 aromatic rings. The van der Waals surface area contributed by atoms with Gasteiger partial charge >= 0.3 is 0 Å². The number of hydrogen-bond donors (Lipinski definition) is 1. The standard InChI is InChI=1S/C52H56N6O6S2/c1-34-28-45(47(60)54-31-37-14-16-38(17-15-37)46-36(3)55-33-66-46)56(32-34)48(61)43(51(4,5)6)30-41(59)24-27-63-25-12-10-11-13-26-64-42-21-18-39(19-22-42)58-50(65)57(49(62)52(58,7)8)40-20-23-44(53-9)35(2)29-40/h14-23,29,33-34,43,45H,24-28,30-32H2,1-8H3,(H,54,60)/t34-,43-,45+/m1/s1. The number of likely N-dealkylation sites (tertiary alicyclic amines) is 1. The molecule has 12 nitrogen and oxygen atoms in total. The van der Waals surface area contributed by atoms with Gasteiger partial charge in [0.1, 0.15) is 36.3 Å². The first-order valence-electron chi connectivity index (χ1n) is 21.9. The Morgan fingerprint density at radius 1 is 1.02 bits per heavy atom. The van der Waals surface area contributed by atoms with E-state index in [9.17, 15) is 19.2 Å². The van der Waals surface area contributed by atoms with Gasteiger partial charge in [-0.15, -0.1) is 11.3 Å². The summed E-state index contributed by atoms with van der Waals surface area (Å²) in [5.74, 6) is 10.7. The monoisotopic (exact) mass is 924 g/mol. The number of nitrogens with one attached hydrogen (secondary N) is 1. The van der Waals surface area contributed by atoms with Gasteiger partial charge in [-0.25, -0.2) is 9.83 Å². The Hall–Kier alpha value is -6.37. The first-order valence-corrected chi connectivity index (χ1v) is 23.2. The summed E-state index contributed by atoms with van der Waals surface area (Å²) in [6.07, 6.45) is 0.752. The van der Waals surface area contributed by atoms with Crippen LogP contribution in [0.2, 0.25) is 0 Å². The Balaban J connectivity index is 0.922. The zero-order chi connectivity index (χ0) is 47.8. The van der Waals surface area contributed by atoms with E-state index in [4.69, 9.17) is 28.3 Å². The summed E-state index contributed by atoms with van der Waals surface area (Å²) in [6, 6.07) is 19.9. The maximum Gasteiger partial charge on any atom is 0.259 e. The number of nitrogens with zero attached hydrogens (tertiary/aromatic N) is 5. The van der Waals surface area contributed by atoms with Crippen LogP contribution in [0.25, 0.3) is 15.3 Å². The van der Waals surface area contributed by atoms with Crippen molar-refractivity contribution in [2.75, 3.05) is 36.2 Å². The quantitative estimate of drug-likeness (QED) is 0.0539. The van der Waals surface area contributed by atoms with Gasteiger partial charge in [0.25, 0.3) is 5.91 Å². The molecule has 0 spiro atoms. The van der Waals surface area contributed by atoms with Crippen LogP contribution in [0.3, 0.4) is 0 Å². The number of hydrogen-bond acceptors (Lipinski definition) is 9. The van der Waals surface area contributed by atoms with Gasteiger partial charge in [0, 0.05) is 43.2 Å². The molecule has 3 atom stereocenters. The predicted molar refractivity (Wildman–Crippen MR) is 263 cm³/mol. The molecule has 2 aliphatic rings. The molecule has 1 aromatic heterocycles. The van der Waals surface area contributed by atoms with Gasteiger partial charge in [-0.3, -0.25) is 24.1 Å². The normalized spacial score (nSPS) is 17.0. The van der Waals surface area contributed by atoms with E-state index in [-0.39, 0.29) is 62.1 Å². The average molecular weight is 925 g/mol. The number of aryl methyl sites for hydroxylation is 2. The van der Waals surface area contributed by atoms with Crippen molar-refractivity contribution < 1.29 is 28.7 Å². The Morgan fingerprint density at radius 3 is 2.33 bits per heavy atom. The summed E-state index contributed by atoms with van der Waals surface area (Å²) in [6.45, 7) is 23.9. The average Bonchev–Trinajstić information content (AvgIpc) is 3.94. The predicted octanol–water partition coefficient (Wildman–Crippen LogP) is 8.86. The topological polar surface area (TPSA) is 126 Å². The Labute approximate surface area is 397 Å². The first-order chi connectivity index (χ1) is 31.4. The first kappa shape index (κ1) is 49.1. The van der Waals surface area contributed by atoms with Crippen molar-refractivity contribution in [3.63, 3.8) is 0 Å². The van der Waals surface area contributed by atoms with Crippen molar-refractivity contribution in [1.29, 1.82) is 0 Å².